The van der Waals surface area contributed by atoms with Crippen LogP contribution in [0.3, 0.4) is 0 Å². The fourth-order valence-electron chi connectivity index (χ4n) is 2.89. The van der Waals surface area contributed by atoms with Gasteiger partial charge in [0.1, 0.15) is 0 Å². The average Bonchev–Trinajstić information content (AvgIpc) is 2.80. The van der Waals surface area contributed by atoms with Crippen LogP contribution in [0.5, 0.6) is 0 Å². The molecule has 0 saturated carbocycles. The van der Waals surface area contributed by atoms with E-state index in [1.807, 2.05) is 6.33 Å². The number of para-hydroxylation sites is 1. The zero-order chi connectivity index (χ0) is 13.8. The number of imidazole rings is 1. The molecule has 2 heterocycles. The Hall–Kier alpha value is -1.81. The maximum Gasteiger partial charge on any atom is 0.0950 e. The normalized spacial score (nSPS) is 14.9. The molecule has 2 aromatic rings. The fourth-order valence-corrected chi connectivity index (χ4v) is 2.89. The van der Waals surface area contributed by atoms with Gasteiger partial charge in [0, 0.05) is 31.5 Å². The van der Waals surface area contributed by atoms with E-state index in [1.165, 1.54) is 30.5 Å². The fraction of sp³-hybridized carbons (Fsp3) is 0.438. The molecule has 0 saturated heterocycles. The smallest absolute Gasteiger partial charge is 0.0950 e. The van der Waals surface area contributed by atoms with E-state index in [0.29, 0.717) is 6.54 Å². The summed E-state index contributed by atoms with van der Waals surface area (Å²) in [5.74, 6) is 0. The van der Waals surface area contributed by atoms with Gasteiger partial charge in [-0.2, -0.15) is 0 Å². The summed E-state index contributed by atoms with van der Waals surface area (Å²) in [5, 5.41) is 0. The summed E-state index contributed by atoms with van der Waals surface area (Å²) in [4.78, 5) is 6.95. The summed E-state index contributed by atoms with van der Waals surface area (Å²) < 4.78 is 2.07. The Morgan fingerprint density at radius 1 is 1.20 bits per heavy atom. The number of rotatable bonds is 4. The van der Waals surface area contributed by atoms with Crippen LogP contribution in [0.1, 0.15) is 24.1 Å². The molecule has 4 nitrogen and oxygen atoms in total. The van der Waals surface area contributed by atoms with Crippen molar-refractivity contribution in [3.05, 3.63) is 48.0 Å². The van der Waals surface area contributed by atoms with Gasteiger partial charge in [0.05, 0.1) is 18.6 Å². The molecule has 0 radical (unpaired) electrons. The Labute approximate surface area is 120 Å². The zero-order valence-electron chi connectivity index (χ0n) is 11.8. The summed E-state index contributed by atoms with van der Waals surface area (Å²) in [6.45, 7) is 3.49. The van der Waals surface area contributed by atoms with Crippen LogP contribution in [0.15, 0.2) is 36.8 Å². The third kappa shape index (κ3) is 2.85. The number of aryl methyl sites for hydroxylation is 1. The van der Waals surface area contributed by atoms with Crippen molar-refractivity contribution in [2.45, 2.75) is 32.4 Å². The molecule has 2 N–H and O–H groups in total. The zero-order valence-corrected chi connectivity index (χ0v) is 11.8. The van der Waals surface area contributed by atoms with Crippen LogP contribution in [0.2, 0.25) is 0 Å². The van der Waals surface area contributed by atoms with E-state index >= 15 is 0 Å². The van der Waals surface area contributed by atoms with Crippen molar-refractivity contribution in [3.8, 4) is 0 Å². The molecule has 0 spiro atoms. The number of fused-ring (bicyclic) bond motifs is 1. The van der Waals surface area contributed by atoms with Gasteiger partial charge in [0.15, 0.2) is 0 Å². The Balaban J connectivity index is 1.79. The van der Waals surface area contributed by atoms with Crippen LogP contribution < -0.4 is 10.6 Å². The predicted octanol–water partition coefficient (Wildman–Crippen LogP) is 2.18. The number of hydrogen-bond donors (Lipinski definition) is 1. The summed E-state index contributed by atoms with van der Waals surface area (Å²) in [7, 11) is 0. The Bertz CT molecular complexity index is 561. The number of benzene rings is 1. The summed E-state index contributed by atoms with van der Waals surface area (Å²) in [6, 6.07) is 8.75. The molecule has 4 heteroatoms. The second-order valence-corrected chi connectivity index (χ2v) is 5.40. The third-order valence-electron chi connectivity index (χ3n) is 3.88. The first-order valence-corrected chi connectivity index (χ1v) is 7.40. The molecule has 1 aromatic heterocycles. The molecule has 1 aromatic carbocycles. The standard InChI is InChI=1S/C16H22N4/c17-8-10-19-11-15(18-13-19)12-20-9-4-3-6-14-5-1-2-7-16(14)20/h1-2,5,7,11,13H,3-4,6,8-10,12,17H2. The summed E-state index contributed by atoms with van der Waals surface area (Å²) in [6.07, 6.45) is 7.70. The maximum atomic E-state index is 5.58. The number of anilines is 1. The Morgan fingerprint density at radius 3 is 3.00 bits per heavy atom. The molecule has 0 aliphatic carbocycles. The van der Waals surface area contributed by atoms with Crippen LogP contribution in [0, 0.1) is 0 Å². The van der Waals surface area contributed by atoms with Crippen molar-refractivity contribution in [2.24, 2.45) is 5.73 Å². The Kier molecular flexibility index (Phi) is 4.02. The minimum absolute atomic E-state index is 0.655. The minimum atomic E-state index is 0.655. The van der Waals surface area contributed by atoms with Gasteiger partial charge in [-0.05, 0) is 30.9 Å². The first-order chi connectivity index (χ1) is 9.86. The molecule has 3 rings (SSSR count). The molecule has 1 aliphatic rings. The summed E-state index contributed by atoms with van der Waals surface area (Å²) in [5.41, 5.74) is 9.54. The lowest BCUT2D eigenvalue weighted by atomic mass is 10.1. The van der Waals surface area contributed by atoms with Crippen LogP contribution in [-0.2, 0) is 19.5 Å². The lowest BCUT2D eigenvalue weighted by Gasteiger charge is -2.24. The highest BCUT2D eigenvalue weighted by atomic mass is 15.2. The molecule has 20 heavy (non-hydrogen) atoms. The lowest BCUT2D eigenvalue weighted by Crippen LogP contribution is -2.23. The number of nitrogens with zero attached hydrogens (tertiary/aromatic N) is 3. The largest absolute Gasteiger partial charge is 0.365 e. The third-order valence-corrected chi connectivity index (χ3v) is 3.88. The SMILES string of the molecule is NCCn1cnc(CN2CCCCc3ccccc32)c1. The van der Waals surface area contributed by atoms with Crippen LogP contribution in [0.4, 0.5) is 5.69 Å². The van der Waals surface area contributed by atoms with Crippen molar-refractivity contribution < 1.29 is 0 Å². The van der Waals surface area contributed by atoms with E-state index in [1.54, 1.807) is 0 Å². The molecule has 1 aliphatic heterocycles. The van der Waals surface area contributed by atoms with Gasteiger partial charge in [0.2, 0.25) is 0 Å². The second kappa shape index (κ2) is 6.09. The van der Waals surface area contributed by atoms with E-state index in [4.69, 9.17) is 5.73 Å². The monoisotopic (exact) mass is 270 g/mol. The van der Waals surface area contributed by atoms with E-state index in [2.05, 4.69) is 44.9 Å². The van der Waals surface area contributed by atoms with Crippen molar-refractivity contribution >= 4 is 5.69 Å². The van der Waals surface area contributed by atoms with Gasteiger partial charge in [-0.3, -0.25) is 0 Å². The topological polar surface area (TPSA) is 47.1 Å². The quantitative estimate of drug-likeness (QED) is 0.926. The average molecular weight is 270 g/mol. The van der Waals surface area contributed by atoms with Crippen molar-refractivity contribution in [1.29, 1.82) is 0 Å². The van der Waals surface area contributed by atoms with Crippen LogP contribution in [0.25, 0.3) is 0 Å². The molecular formula is C16H22N4. The Morgan fingerprint density at radius 2 is 2.10 bits per heavy atom. The highest BCUT2D eigenvalue weighted by Gasteiger charge is 2.15. The van der Waals surface area contributed by atoms with Gasteiger partial charge < -0.3 is 15.2 Å². The van der Waals surface area contributed by atoms with Crippen molar-refractivity contribution in [3.63, 3.8) is 0 Å². The van der Waals surface area contributed by atoms with Gasteiger partial charge in [-0.1, -0.05) is 18.2 Å². The molecule has 0 amide bonds. The van der Waals surface area contributed by atoms with Crippen molar-refractivity contribution in [1.82, 2.24) is 9.55 Å². The van der Waals surface area contributed by atoms with Crippen LogP contribution in [-0.4, -0.2) is 22.6 Å². The molecule has 0 bridgehead atoms. The summed E-state index contributed by atoms with van der Waals surface area (Å²) >= 11 is 0. The first kappa shape index (κ1) is 13.2. The van der Waals surface area contributed by atoms with E-state index in [-0.39, 0.29) is 0 Å². The van der Waals surface area contributed by atoms with Gasteiger partial charge in [0.25, 0.3) is 0 Å². The highest BCUT2D eigenvalue weighted by molar-refractivity contribution is 5.54. The van der Waals surface area contributed by atoms with Gasteiger partial charge in [-0.25, -0.2) is 4.98 Å². The second-order valence-electron chi connectivity index (χ2n) is 5.40. The van der Waals surface area contributed by atoms with Gasteiger partial charge in [-0.15, -0.1) is 0 Å². The van der Waals surface area contributed by atoms with Crippen molar-refractivity contribution in [2.75, 3.05) is 18.0 Å². The number of nitrogens with two attached hydrogens (primary N) is 1. The first-order valence-electron chi connectivity index (χ1n) is 7.40. The number of aromatic nitrogens is 2. The molecule has 0 fully saturated rings. The van der Waals surface area contributed by atoms with Crippen LogP contribution >= 0.6 is 0 Å². The minimum Gasteiger partial charge on any atom is -0.365 e. The predicted molar refractivity (Wildman–Crippen MR) is 81.7 cm³/mol. The lowest BCUT2D eigenvalue weighted by molar-refractivity contribution is 0.700. The highest BCUT2D eigenvalue weighted by Crippen LogP contribution is 2.27. The maximum absolute atomic E-state index is 5.58. The van der Waals surface area contributed by atoms with E-state index < -0.39 is 0 Å². The van der Waals surface area contributed by atoms with E-state index in [0.717, 1.165) is 25.3 Å². The molecule has 0 atom stereocenters. The van der Waals surface area contributed by atoms with Gasteiger partial charge >= 0.3 is 0 Å². The molecule has 0 unspecified atom stereocenters. The van der Waals surface area contributed by atoms with E-state index in [9.17, 15) is 0 Å². The number of hydrogen-bond acceptors (Lipinski definition) is 3. The molecule has 106 valence electrons. The molecular weight excluding hydrogens is 248 g/mol.